The van der Waals surface area contributed by atoms with Crippen molar-refractivity contribution in [3.05, 3.63) is 73.5 Å². The van der Waals surface area contributed by atoms with Gasteiger partial charge in [0.05, 0.1) is 17.5 Å². The Bertz CT molecular complexity index is 1030. The zero-order chi connectivity index (χ0) is 18.7. The number of fused-ring (bicyclic) bond motifs is 1. The summed E-state index contributed by atoms with van der Waals surface area (Å²) < 4.78 is 12.0. The summed E-state index contributed by atoms with van der Waals surface area (Å²) in [6.07, 6.45) is 1.49. The topological polar surface area (TPSA) is 61.4 Å². The number of ether oxygens (including phenoxy) is 1. The van der Waals surface area contributed by atoms with E-state index in [2.05, 4.69) is 6.07 Å². The van der Waals surface area contributed by atoms with E-state index in [0.717, 1.165) is 29.7 Å². The summed E-state index contributed by atoms with van der Waals surface area (Å²) in [4.78, 5) is 23.9. The standard InChI is InChI=1S/C20H20ClNO4/c1-13-9-14(2)11-16(10-13)25-8-4-3-7-22-18-6-5-15(21)12-17(18)19(23)26-20(22)24/h5-6,9-12H,3-4,7-8H2,1-2H3. The van der Waals surface area contributed by atoms with Gasteiger partial charge in [0.2, 0.25) is 0 Å². The largest absolute Gasteiger partial charge is 0.494 e. The van der Waals surface area contributed by atoms with Crippen LogP contribution in [-0.4, -0.2) is 11.2 Å². The van der Waals surface area contributed by atoms with Crippen molar-refractivity contribution in [2.45, 2.75) is 33.2 Å². The molecule has 0 unspecified atom stereocenters. The third-order valence-electron chi connectivity index (χ3n) is 4.11. The normalized spacial score (nSPS) is 11.0. The van der Waals surface area contributed by atoms with Gasteiger partial charge in [-0.05, 0) is 68.1 Å². The van der Waals surface area contributed by atoms with Gasteiger partial charge < -0.3 is 9.15 Å². The van der Waals surface area contributed by atoms with Gasteiger partial charge in [-0.3, -0.25) is 4.57 Å². The Morgan fingerprint density at radius 2 is 1.77 bits per heavy atom. The summed E-state index contributed by atoms with van der Waals surface area (Å²) >= 11 is 5.92. The van der Waals surface area contributed by atoms with Crippen LogP contribution in [0.5, 0.6) is 5.75 Å². The second-order valence-corrected chi connectivity index (χ2v) is 6.78. The summed E-state index contributed by atoms with van der Waals surface area (Å²) in [5.74, 6) is 0.200. The SMILES string of the molecule is Cc1cc(C)cc(OCCCCn2c(=O)oc(=O)c3cc(Cl)ccc32)c1. The van der Waals surface area contributed by atoms with Crippen LogP contribution in [0.1, 0.15) is 24.0 Å². The van der Waals surface area contributed by atoms with E-state index < -0.39 is 11.4 Å². The maximum atomic E-state index is 12.0. The molecule has 1 heterocycles. The Morgan fingerprint density at radius 1 is 1.04 bits per heavy atom. The number of nitrogens with zero attached hydrogens (tertiary/aromatic N) is 1. The van der Waals surface area contributed by atoms with Crippen molar-refractivity contribution in [1.82, 2.24) is 4.57 Å². The van der Waals surface area contributed by atoms with Gasteiger partial charge in [0.1, 0.15) is 5.75 Å². The molecule has 0 aliphatic rings. The smallest absolute Gasteiger partial charge is 0.422 e. The maximum absolute atomic E-state index is 12.0. The highest BCUT2D eigenvalue weighted by atomic mass is 35.5. The summed E-state index contributed by atoms with van der Waals surface area (Å²) in [6.45, 7) is 5.06. The first-order valence-electron chi connectivity index (χ1n) is 8.48. The molecule has 0 aliphatic carbocycles. The highest BCUT2D eigenvalue weighted by Crippen LogP contribution is 2.17. The second-order valence-electron chi connectivity index (χ2n) is 6.35. The molecule has 0 N–H and O–H groups in total. The Labute approximate surface area is 155 Å². The van der Waals surface area contributed by atoms with Crippen molar-refractivity contribution in [2.24, 2.45) is 0 Å². The predicted octanol–water partition coefficient (Wildman–Crippen LogP) is 4.08. The lowest BCUT2D eigenvalue weighted by Gasteiger charge is -2.10. The molecule has 136 valence electrons. The van der Waals surface area contributed by atoms with Crippen LogP contribution in [0.3, 0.4) is 0 Å². The zero-order valence-corrected chi connectivity index (χ0v) is 15.5. The maximum Gasteiger partial charge on any atom is 0.422 e. The number of unbranched alkanes of at least 4 members (excludes halogenated alkanes) is 1. The molecule has 0 bridgehead atoms. The quantitative estimate of drug-likeness (QED) is 0.611. The number of aryl methyl sites for hydroxylation is 3. The number of benzene rings is 2. The monoisotopic (exact) mass is 373 g/mol. The fourth-order valence-corrected chi connectivity index (χ4v) is 3.16. The molecule has 0 radical (unpaired) electrons. The first-order valence-corrected chi connectivity index (χ1v) is 8.86. The number of hydrogen-bond donors (Lipinski definition) is 0. The van der Waals surface area contributed by atoms with Crippen molar-refractivity contribution in [3.63, 3.8) is 0 Å². The molecule has 5 nitrogen and oxygen atoms in total. The van der Waals surface area contributed by atoms with Gasteiger partial charge in [0, 0.05) is 11.6 Å². The fraction of sp³-hybridized carbons (Fsp3) is 0.300. The molecule has 0 fully saturated rings. The van der Waals surface area contributed by atoms with Crippen molar-refractivity contribution in [2.75, 3.05) is 6.61 Å². The van der Waals surface area contributed by atoms with Gasteiger partial charge in [0.15, 0.2) is 0 Å². The predicted molar refractivity (Wildman–Crippen MR) is 102 cm³/mol. The molecular weight excluding hydrogens is 354 g/mol. The zero-order valence-electron chi connectivity index (χ0n) is 14.8. The Kier molecular flexibility index (Phi) is 5.47. The average Bonchev–Trinajstić information content (AvgIpc) is 2.56. The van der Waals surface area contributed by atoms with Crippen molar-refractivity contribution in [3.8, 4) is 5.75 Å². The van der Waals surface area contributed by atoms with Crippen LogP contribution in [0.15, 0.2) is 50.4 Å². The Hall–Kier alpha value is -2.53. The number of hydrogen-bond acceptors (Lipinski definition) is 4. The first kappa shape index (κ1) is 18.3. The fourth-order valence-electron chi connectivity index (χ4n) is 2.98. The van der Waals surface area contributed by atoms with E-state index in [4.69, 9.17) is 20.8 Å². The lowest BCUT2D eigenvalue weighted by molar-refractivity contribution is 0.300. The molecule has 26 heavy (non-hydrogen) atoms. The minimum atomic E-state index is -0.665. The first-order chi connectivity index (χ1) is 12.4. The van der Waals surface area contributed by atoms with Crippen LogP contribution in [0.25, 0.3) is 10.9 Å². The van der Waals surface area contributed by atoms with Crippen LogP contribution in [0, 0.1) is 13.8 Å². The van der Waals surface area contributed by atoms with E-state index in [-0.39, 0.29) is 0 Å². The highest BCUT2D eigenvalue weighted by Gasteiger charge is 2.09. The molecule has 0 saturated heterocycles. The van der Waals surface area contributed by atoms with Crippen molar-refractivity contribution < 1.29 is 9.15 Å². The van der Waals surface area contributed by atoms with Gasteiger partial charge in [-0.15, -0.1) is 0 Å². The van der Waals surface area contributed by atoms with Crippen LogP contribution in [0.2, 0.25) is 5.02 Å². The molecular formula is C20H20ClNO4. The van der Waals surface area contributed by atoms with E-state index >= 15 is 0 Å². The highest BCUT2D eigenvalue weighted by molar-refractivity contribution is 6.31. The average molecular weight is 374 g/mol. The molecule has 0 saturated carbocycles. The Morgan fingerprint density at radius 3 is 2.50 bits per heavy atom. The lowest BCUT2D eigenvalue weighted by atomic mass is 10.1. The van der Waals surface area contributed by atoms with E-state index in [9.17, 15) is 9.59 Å². The van der Waals surface area contributed by atoms with Crippen LogP contribution in [0.4, 0.5) is 0 Å². The van der Waals surface area contributed by atoms with E-state index in [0.29, 0.717) is 29.1 Å². The molecule has 3 rings (SSSR count). The Balaban J connectivity index is 1.65. The van der Waals surface area contributed by atoms with E-state index in [1.165, 1.54) is 10.6 Å². The number of halogens is 1. The molecule has 3 aromatic rings. The summed E-state index contributed by atoms with van der Waals surface area (Å²) in [5.41, 5.74) is 2.19. The minimum Gasteiger partial charge on any atom is -0.494 e. The molecule has 2 aromatic carbocycles. The molecule has 0 aliphatic heterocycles. The second kappa shape index (κ2) is 7.79. The van der Waals surface area contributed by atoms with Crippen LogP contribution < -0.4 is 16.1 Å². The third kappa shape index (κ3) is 4.17. The summed E-state index contributed by atoms with van der Waals surface area (Å²) in [7, 11) is 0. The van der Waals surface area contributed by atoms with Crippen molar-refractivity contribution >= 4 is 22.5 Å². The van der Waals surface area contributed by atoms with Gasteiger partial charge >= 0.3 is 11.4 Å². The number of rotatable bonds is 6. The van der Waals surface area contributed by atoms with Gasteiger partial charge in [-0.25, -0.2) is 9.59 Å². The van der Waals surface area contributed by atoms with Gasteiger partial charge in [-0.2, -0.15) is 0 Å². The number of aromatic nitrogens is 1. The molecule has 6 heteroatoms. The molecule has 0 amide bonds. The third-order valence-corrected chi connectivity index (χ3v) is 4.34. The van der Waals surface area contributed by atoms with E-state index in [1.807, 2.05) is 26.0 Å². The van der Waals surface area contributed by atoms with Gasteiger partial charge in [0.25, 0.3) is 0 Å². The molecule has 0 spiro atoms. The van der Waals surface area contributed by atoms with Crippen LogP contribution in [-0.2, 0) is 6.54 Å². The van der Waals surface area contributed by atoms with Crippen LogP contribution >= 0.6 is 11.6 Å². The van der Waals surface area contributed by atoms with Gasteiger partial charge in [-0.1, -0.05) is 17.7 Å². The summed E-state index contributed by atoms with van der Waals surface area (Å²) in [6, 6.07) is 10.9. The molecule has 1 aromatic heterocycles. The van der Waals surface area contributed by atoms with E-state index in [1.54, 1.807) is 12.1 Å². The van der Waals surface area contributed by atoms with Crippen molar-refractivity contribution in [1.29, 1.82) is 0 Å². The molecule has 0 atom stereocenters. The lowest BCUT2D eigenvalue weighted by Crippen LogP contribution is -2.25. The summed E-state index contributed by atoms with van der Waals surface area (Å²) in [5, 5.41) is 0.737. The minimum absolute atomic E-state index is 0.309.